The maximum absolute atomic E-state index is 13.4. The summed E-state index contributed by atoms with van der Waals surface area (Å²) >= 11 is 0. The molecule has 1 aliphatic carbocycles. The van der Waals surface area contributed by atoms with Crippen molar-refractivity contribution < 1.29 is 17.8 Å². The Hall–Kier alpha value is -4.36. The third kappa shape index (κ3) is 4.77. The summed E-state index contributed by atoms with van der Waals surface area (Å²) < 4.78 is 42.2. The van der Waals surface area contributed by atoms with Gasteiger partial charge in [-0.3, -0.25) is 0 Å². The van der Waals surface area contributed by atoms with E-state index < -0.39 is 11.0 Å². The zero-order valence-corrected chi connectivity index (χ0v) is 23.9. The van der Waals surface area contributed by atoms with E-state index in [-0.39, 0.29) is 28.9 Å². The Balaban J connectivity index is 0.000000302. The number of hydrogen-bond donors (Lipinski definition) is 1. The summed E-state index contributed by atoms with van der Waals surface area (Å²) in [6.45, 7) is 3.12. The Morgan fingerprint density at radius 3 is 2.45 bits per heavy atom. The molecule has 216 valence electrons. The number of nitrogens with zero attached hydrogens (tertiary/aromatic N) is 7. The van der Waals surface area contributed by atoms with Gasteiger partial charge in [-0.1, -0.05) is 0 Å². The van der Waals surface area contributed by atoms with Gasteiger partial charge in [-0.2, -0.15) is 15.0 Å². The van der Waals surface area contributed by atoms with Crippen molar-refractivity contribution in [2.75, 3.05) is 25.5 Å². The van der Waals surface area contributed by atoms with Gasteiger partial charge in [0.15, 0.2) is 5.03 Å². The van der Waals surface area contributed by atoms with Crippen LogP contribution in [0.5, 0.6) is 0 Å². The molecule has 0 amide bonds. The number of piperidine rings is 1. The smallest absolute Gasteiger partial charge is 0.185 e. The second-order valence-corrected chi connectivity index (χ2v) is 11.9. The van der Waals surface area contributed by atoms with Crippen LogP contribution in [0.4, 0.5) is 14.6 Å². The SMILES string of the molecule is CNc1ccc(F)cn1.Cc1cc2c(cnn2-c2ccc(F)cc2)cc1C12CN(S(=O)c3cnn(C)n3)CC1C2C=O. The summed E-state index contributed by atoms with van der Waals surface area (Å²) in [5.41, 5.74) is 3.47. The van der Waals surface area contributed by atoms with Crippen LogP contribution in [0.2, 0.25) is 0 Å². The number of rotatable bonds is 6. The minimum absolute atomic E-state index is 0.101. The highest BCUT2D eigenvalue weighted by Crippen LogP contribution is 2.64. The average molecular weight is 591 g/mol. The van der Waals surface area contributed by atoms with E-state index in [1.807, 2.05) is 11.2 Å². The third-order valence-corrected chi connectivity index (χ3v) is 9.32. The molecule has 1 saturated carbocycles. The molecule has 1 saturated heterocycles. The maximum atomic E-state index is 13.4. The summed E-state index contributed by atoms with van der Waals surface area (Å²) in [4.78, 5) is 17.0. The van der Waals surface area contributed by atoms with Gasteiger partial charge in [-0.25, -0.2) is 27.0 Å². The molecule has 42 heavy (non-hydrogen) atoms. The van der Waals surface area contributed by atoms with Gasteiger partial charge in [0.05, 0.1) is 29.8 Å². The topological polar surface area (TPSA) is 111 Å². The van der Waals surface area contributed by atoms with Crippen molar-refractivity contribution in [3.8, 4) is 5.69 Å². The highest BCUT2D eigenvalue weighted by molar-refractivity contribution is 7.82. The molecule has 4 atom stereocenters. The maximum Gasteiger partial charge on any atom is 0.185 e. The lowest BCUT2D eigenvalue weighted by Crippen LogP contribution is -2.32. The van der Waals surface area contributed by atoms with Crippen LogP contribution in [0.25, 0.3) is 16.6 Å². The highest BCUT2D eigenvalue weighted by Gasteiger charge is 2.70. The van der Waals surface area contributed by atoms with Crippen molar-refractivity contribution in [2.24, 2.45) is 18.9 Å². The molecule has 4 unspecified atom stereocenters. The average Bonchev–Trinajstić information content (AvgIpc) is 3.42. The van der Waals surface area contributed by atoms with Gasteiger partial charge in [-0.15, -0.1) is 5.10 Å². The minimum Gasteiger partial charge on any atom is -0.373 e. The Bertz CT molecular complexity index is 1790. The molecule has 3 aromatic heterocycles. The number of nitrogens with one attached hydrogen (secondary N) is 1. The third-order valence-electron chi connectivity index (χ3n) is 8.03. The number of carbonyl (C=O) groups excluding carboxylic acids is 1. The fourth-order valence-electron chi connectivity index (χ4n) is 5.96. The number of halogens is 2. The van der Waals surface area contributed by atoms with E-state index in [2.05, 4.69) is 37.7 Å². The van der Waals surface area contributed by atoms with Crippen LogP contribution < -0.4 is 5.32 Å². The van der Waals surface area contributed by atoms with E-state index in [1.54, 1.807) is 43.2 Å². The van der Waals surface area contributed by atoms with Gasteiger partial charge < -0.3 is 10.1 Å². The molecule has 0 radical (unpaired) electrons. The van der Waals surface area contributed by atoms with Crippen LogP contribution in [0.1, 0.15) is 11.1 Å². The van der Waals surface area contributed by atoms with Gasteiger partial charge in [0.2, 0.25) is 0 Å². The van der Waals surface area contributed by atoms with Crippen LogP contribution in [0.15, 0.2) is 72.1 Å². The first-order chi connectivity index (χ1) is 20.2. The molecule has 5 aromatic rings. The zero-order valence-electron chi connectivity index (χ0n) is 23.1. The number of aromatic nitrogens is 6. The minimum atomic E-state index is -1.43. The lowest BCUT2D eigenvalue weighted by atomic mass is 9.88. The quantitative estimate of drug-likeness (QED) is 0.301. The number of benzene rings is 2. The van der Waals surface area contributed by atoms with Crippen molar-refractivity contribution in [1.29, 1.82) is 0 Å². The zero-order chi connectivity index (χ0) is 29.6. The van der Waals surface area contributed by atoms with Gasteiger partial charge in [-0.05, 0) is 72.5 Å². The normalized spacial score (nSPS) is 21.8. The molecular formula is C29H28F2N8O2S. The summed E-state index contributed by atoms with van der Waals surface area (Å²) in [6, 6.07) is 13.3. The van der Waals surface area contributed by atoms with Crippen molar-refractivity contribution in [3.05, 3.63) is 89.9 Å². The van der Waals surface area contributed by atoms with E-state index in [0.717, 1.165) is 34.0 Å². The van der Waals surface area contributed by atoms with Crippen LogP contribution in [-0.2, 0) is 28.2 Å². The fourth-order valence-corrected chi connectivity index (χ4v) is 7.18. The van der Waals surface area contributed by atoms with E-state index in [4.69, 9.17) is 0 Å². The predicted octanol–water partition coefficient (Wildman–Crippen LogP) is 3.59. The lowest BCUT2D eigenvalue weighted by Gasteiger charge is -2.22. The summed E-state index contributed by atoms with van der Waals surface area (Å²) in [7, 11) is 2.00. The monoisotopic (exact) mass is 590 g/mol. The van der Waals surface area contributed by atoms with Crippen molar-refractivity contribution in [3.63, 3.8) is 0 Å². The Morgan fingerprint density at radius 1 is 1.05 bits per heavy atom. The molecule has 4 heterocycles. The van der Waals surface area contributed by atoms with E-state index in [1.165, 1.54) is 35.4 Å². The fraction of sp³-hybridized carbons (Fsp3) is 0.276. The largest absolute Gasteiger partial charge is 0.373 e. The van der Waals surface area contributed by atoms with Gasteiger partial charge >= 0.3 is 0 Å². The van der Waals surface area contributed by atoms with Crippen LogP contribution in [0.3, 0.4) is 0 Å². The first kappa shape index (κ1) is 27.8. The molecule has 2 aliphatic rings. The van der Waals surface area contributed by atoms with Crippen LogP contribution in [-0.4, -0.2) is 64.7 Å². The number of pyridine rings is 1. The molecule has 1 aliphatic heterocycles. The molecular weight excluding hydrogens is 562 g/mol. The van der Waals surface area contributed by atoms with E-state index in [9.17, 15) is 17.8 Å². The first-order valence-electron chi connectivity index (χ1n) is 13.3. The van der Waals surface area contributed by atoms with Gasteiger partial charge in [0.1, 0.15) is 34.7 Å². The van der Waals surface area contributed by atoms with Crippen molar-refractivity contribution in [1.82, 2.24) is 34.1 Å². The summed E-state index contributed by atoms with van der Waals surface area (Å²) in [5, 5.41) is 16.9. The highest BCUT2D eigenvalue weighted by atomic mass is 32.2. The van der Waals surface area contributed by atoms with Gasteiger partial charge in [0, 0.05) is 43.9 Å². The van der Waals surface area contributed by atoms with Gasteiger partial charge in [0.25, 0.3) is 0 Å². The van der Waals surface area contributed by atoms with Crippen molar-refractivity contribution in [2.45, 2.75) is 17.4 Å². The molecule has 2 aromatic carbocycles. The number of hydrogen-bond acceptors (Lipinski definition) is 7. The van der Waals surface area contributed by atoms with E-state index in [0.29, 0.717) is 23.9 Å². The molecule has 2 fully saturated rings. The standard InChI is InChI=1S/C23H21FN6O2S.C6H7FN2/c1-14-7-21-15(9-26-30(21)17-5-3-16(24)4-6-17)8-18(14)23-13-29(11-19(23)20(23)12-31)33(32)22-10-25-28(2)27-22;1-8-6-3-2-5(7)4-9-6/h3-10,12,19-20H,11,13H2,1-2H3;2-4H,1H3,(H,8,9). The first-order valence-corrected chi connectivity index (χ1v) is 14.4. The Morgan fingerprint density at radius 2 is 1.81 bits per heavy atom. The molecule has 0 bridgehead atoms. The summed E-state index contributed by atoms with van der Waals surface area (Å²) in [6.07, 6.45) is 5.52. The van der Waals surface area contributed by atoms with Crippen LogP contribution >= 0.6 is 0 Å². The Labute approximate surface area is 242 Å². The second-order valence-electron chi connectivity index (χ2n) is 10.4. The number of aryl methyl sites for hydroxylation is 2. The second kappa shape index (κ2) is 10.8. The molecule has 13 heteroatoms. The predicted molar refractivity (Wildman–Crippen MR) is 153 cm³/mol. The summed E-state index contributed by atoms with van der Waals surface area (Å²) in [5.74, 6) is 0.0809. The number of aldehydes is 1. The number of fused-ring (bicyclic) bond motifs is 2. The molecule has 10 nitrogen and oxygen atoms in total. The van der Waals surface area contributed by atoms with Crippen molar-refractivity contribution >= 4 is 34.0 Å². The molecule has 1 N–H and O–H groups in total. The molecule has 0 spiro atoms. The van der Waals surface area contributed by atoms with Crippen LogP contribution in [0, 0.1) is 30.4 Å². The number of anilines is 1. The lowest BCUT2D eigenvalue weighted by molar-refractivity contribution is -0.109. The molecule has 7 rings (SSSR count). The number of carbonyl (C=O) groups is 1. The van der Waals surface area contributed by atoms with E-state index >= 15 is 0 Å². The Kier molecular flexibility index (Phi) is 7.15.